The maximum atomic E-state index is 15.2. The zero-order valence-corrected chi connectivity index (χ0v) is 60.4. The Morgan fingerprint density at radius 1 is 0.380 bits per heavy atom. The van der Waals surface area contributed by atoms with Crippen molar-refractivity contribution in [3.05, 3.63) is 128 Å². The molecule has 4 aromatic rings. The number of ether oxygens (including phenoxy) is 4. The zero-order valence-electron chi connectivity index (χ0n) is 56.3. The van der Waals surface area contributed by atoms with Crippen LogP contribution < -0.4 is 45.0 Å². The molecule has 8 rings (SSSR count). The highest BCUT2D eigenvalue weighted by Crippen LogP contribution is 2.62. The second kappa shape index (κ2) is 34.7. The molecule has 108 heavy (non-hydrogen) atoms. The molecule has 616 valence electrons. The largest absolute Gasteiger partial charge is 0.481 e. The van der Waals surface area contributed by atoms with Gasteiger partial charge in [-0.05, 0) is 0 Å². The molecule has 56 nitrogen and oxygen atoms in total. The van der Waals surface area contributed by atoms with E-state index in [2.05, 4.69) is 54.3 Å². The smallest absolute Gasteiger partial charge is 0.385 e. The fourth-order valence-corrected chi connectivity index (χ4v) is 14.4. The number of alkyl halides is 4. The van der Waals surface area contributed by atoms with E-state index in [1.54, 1.807) is 19.9 Å². The molecule has 4 aromatic heterocycles. The number of nitrogens with one attached hydrogen (secondary N) is 4. The summed E-state index contributed by atoms with van der Waals surface area (Å²) in [6.45, 7) is -11.9. The van der Waals surface area contributed by atoms with Crippen LogP contribution in [-0.2, 0) is 90.8 Å². The van der Waals surface area contributed by atoms with E-state index in [0.717, 1.165) is 0 Å². The molecule has 0 aliphatic carbocycles. The van der Waals surface area contributed by atoms with Crippen molar-refractivity contribution < 1.29 is 216 Å². The van der Waals surface area contributed by atoms with E-state index in [-0.39, 0.29) is 13.7 Å². The Labute approximate surface area is 613 Å². The van der Waals surface area contributed by atoms with Crippen LogP contribution in [0.15, 0.2) is 63.1 Å². The molecule has 4 saturated heterocycles. The third-order valence-electron chi connectivity index (χ3n) is 12.1. The molecule has 4 aliphatic heterocycles. The standard InChI is InChI=1S/4C9H12ClFN2O12P2/c4*10-3-1-13(8(17)12-6(3)16)7-4(14)5(15)9(11,24-7)2-23-27(21,22)25-26(18,19)20/h4*1,4-5,7,14-15H,2H2,(H,21,22)(H,12,16,17)(H2,18,19,20)/t4*4-,5+,7-,9-/m1111/s1/i2D2,7D;7D;2D2;. The monoisotopic (exact) mass is 1830 g/mol. The van der Waals surface area contributed by atoms with E-state index in [0.29, 0.717) is 29.4 Å². The van der Waals surface area contributed by atoms with E-state index in [4.69, 9.17) is 104 Å². The number of aromatic amines is 4. The van der Waals surface area contributed by atoms with Crippen molar-refractivity contribution in [3.63, 3.8) is 0 Å². The van der Waals surface area contributed by atoms with Gasteiger partial charge in [-0.2, -0.15) is 17.2 Å². The van der Waals surface area contributed by atoms with Crippen LogP contribution in [0.2, 0.25) is 20.1 Å². The van der Waals surface area contributed by atoms with Gasteiger partial charge in [0.25, 0.3) is 45.7 Å². The van der Waals surface area contributed by atoms with Gasteiger partial charge in [0.15, 0.2) is 24.9 Å². The van der Waals surface area contributed by atoms with Gasteiger partial charge in [0.05, 0.1) is 8.22 Å². The highest BCUT2D eigenvalue weighted by Gasteiger charge is 2.62. The summed E-state index contributed by atoms with van der Waals surface area (Å²) in [5.41, 5.74) is -9.71. The van der Waals surface area contributed by atoms with E-state index in [1.165, 1.54) is 0 Å². The Kier molecular flexibility index (Phi) is 27.3. The number of halogens is 8. The molecule has 0 saturated carbocycles. The van der Waals surface area contributed by atoms with Crippen LogP contribution in [0.5, 0.6) is 0 Å². The topological polar surface area (TPSA) is 871 Å². The average molecular weight is 1830 g/mol. The minimum absolute atomic E-state index is 0.0350. The molecule has 0 radical (unpaired) electrons. The molecule has 0 aromatic carbocycles. The van der Waals surface area contributed by atoms with Crippen LogP contribution in [0.1, 0.15) is 33.1 Å². The Hall–Kier alpha value is -3.84. The van der Waals surface area contributed by atoms with Gasteiger partial charge in [0, 0.05) is 24.8 Å². The molecule has 4 unspecified atom stereocenters. The average Bonchev–Trinajstić information content (AvgIpc) is 1.55. The molecule has 0 amide bonds. The highest BCUT2D eigenvalue weighted by molar-refractivity contribution is 7.62. The van der Waals surface area contributed by atoms with Gasteiger partial charge >= 0.3 is 85.3 Å². The van der Waals surface area contributed by atoms with Crippen LogP contribution in [0.3, 0.4) is 0 Å². The van der Waals surface area contributed by atoms with Crippen molar-refractivity contribution in [2.24, 2.45) is 0 Å². The molecular weight excluding hydrogens is 1780 g/mol. The second-order valence-corrected chi connectivity index (χ2v) is 32.8. The summed E-state index contributed by atoms with van der Waals surface area (Å²) in [4.78, 5) is 204. The van der Waals surface area contributed by atoms with Crippen molar-refractivity contribution in [1.29, 1.82) is 0 Å². The number of H-pyrrole nitrogens is 4. The first-order valence-corrected chi connectivity index (χ1v) is 39.5. The summed E-state index contributed by atoms with van der Waals surface area (Å²) in [6.07, 6.45) is -29.6. The number of nitrogens with zero attached hydrogens (tertiary/aromatic N) is 4. The molecular formula is C36H48Cl4F4N8O48P8. The lowest BCUT2D eigenvalue weighted by Gasteiger charge is -2.23. The summed E-state index contributed by atoms with van der Waals surface area (Å²) in [6, 6.07) is 0. The summed E-state index contributed by atoms with van der Waals surface area (Å²) in [5.74, 6) is -15.6. The minimum atomic E-state index is -6.06. The summed E-state index contributed by atoms with van der Waals surface area (Å²) in [7, 11) is -45.6. The first-order chi connectivity index (χ1) is 50.8. The lowest BCUT2D eigenvalue weighted by molar-refractivity contribution is -0.205. The number of phosphoric acid groups is 8. The third-order valence-corrected chi connectivity index (χ3v) is 21.4. The Morgan fingerprint density at radius 2 is 0.593 bits per heavy atom. The Balaban J connectivity index is 0.000000272. The molecule has 0 spiro atoms. The van der Waals surface area contributed by atoms with Gasteiger partial charge in [-0.1, -0.05) is 46.4 Å². The molecule has 20 atom stereocenters. The Bertz CT molecular complexity index is 5250. The van der Waals surface area contributed by atoms with Gasteiger partial charge in [-0.25, -0.2) is 73.3 Å². The SMILES string of the molecule is O=c1[nH]c(=O)n([C@@H]2O[C@](F)(COP(=O)(O)OP(=O)(O)O)[C@@H](O)[C@H]2O)cc1Cl.[2H]C([2H])(OP(=O)(O)OP(=O)(O)O)[C@@]1(F)O[C@@H](n2cc(Cl)c(=O)[nH]c2=O)[C@H](O)[C@@H]1O.[2H]C([2H])(OP(=O)(O)OP(=O)(O)O)[C@@]1(F)O[C@@]([2H])(n2cc(Cl)c(=O)[nH]c2=O)[C@H](O)[C@@H]1O.[2H][C@@]1(n2cc(Cl)c(=O)[nH]c2=O)O[C@](F)(COP(=O)(O)OP(=O)(O)O)[C@@H](O)[C@H]1O. The number of hydrogen-bond donors (Lipinski definition) is 24. The molecule has 24 N–H and O–H groups in total. The quantitative estimate of drug-likeness (QED) is 0.0229. The van der Waals surface area contributed by atoms with E-state index in [9.17, 15) is 134 Å². The van der Waals surface area contributed by atoms with Gasteiger partial charge in [-0.15, -0.1) is 0 Å². The van der Waals surface area contributed by atoms with Crippen LogP contribution in [-0.4, -0.2) is 236 Å². The molecule has 4 aliphatic rings. The number of rotatable bonds is 24. The maximum absolute atomic E-state index is 15.2. The van der Waals surface area contributed by atoms with Crippen molar-refractivity contribution >= 4 is 109 Å². The summed E-state index contributed by atoms with van der Waals surface area (Å²) >= 11 is 22.0. The molecule has 4 fully saturated rings. The number of phosphoric ester groups is 4. The normalized spacial score (nSPS) is 33.4. The van der Waals surface area contributed by atoms with Crippen LogP contribution in [0.4, 0.5) is 17.6 Å². The first-order valence-electron chi connectivity index (χ1n) is 28.9. The highest BCUT2D eigenvalue weighted by atomic mass is 35.5. The lowest BCUT2D eigenvalue weighted by atomic mass is 10.1. The van der Waals surface area contributed by atoms with Crippen molar-refractivity contribution in [2.45, 2.75) is 97.1 Å². The van der Waals surface area contributed by atoms with Crippen LogP contribution >= 0.6 is 109 Å². The molecule has 72 heteroatoms. The van der Waals surface area contributed by atoms with Crippen molar-refractivity contribution in [2.75, 3.05) is 26.3 Å². The van der Waals surface area contributed by atoms with Crippen LogP contribution in [0.25, 0.3) is 0 Å². The number of aliphatic hydroxyl groups excluding tert-OH is 8. The maximum Gasteiger partial charge on any atom is 0.481 e. The summed E-state index contributed by atoms with van der Waals surface area (Å²) < 4.78 is 242. The molecule has 8 heterocycles. The van der Waals surface area contributed by atoms with Crippen molar-refractivity contribution in [3.8, 4) is 0 Å². The summed E-state index contributed by atoms with van der Waals surface area (Å²) in [5, 5.41) is 76.6. The minimum Gasteiger partial charge on any atom is -0.385 e. The fourth-order valence-electron chi connectivity index (χ4n) is 7.66. The van der Waals surface area contributed by atoms with E-state index >= 15 is 8.78 Å². The van der Waals surface area contributed by atoms with Gasteiger partial charge in [0.2, 0.25) is 0 Å². The van der Waals surface area contributed by atoms with E-state index < -0.39 is 251 Å². The third kappa shape index (κ3) is 25.1. The molecule has 0 bridgehead atoms. The second-order valence-electron chi connectivity index (χ2n) is 20.0. The lowest BCUT2D eigenvalue weighted by Crippen LogP contribution is -2.43. The van der Waals surface area contributed by atoms with Gasteiger partial charge in [0.1, 0.15) is 95.3 Å². The van der Waals surface area contributed by atoms with Gasteiger partial charge in [-0.3, -0.25) is 75.5 Å². The first kappa shape index (κ1) is 85.1. The Morgan fingerprint density at radius 3 is 0.889 bits per heavy atom. The van der Waals surface area contributed by atoms with Crippen molar-refractivity contribution in [1.82, 2.24) is 38.2 Å². The predicted molar refractivity (Wildman–Crippen MR) is 325 cm³/mol. The van der Waals surface area contributed by atoms with Gasteiger partial charge < -0.3 is 119 Å². The number of aliphatic hydroxyl groups is 8. The fraction of sp³-hybridized carbons (Fsp3) is 0.556. The predicted octanol–water partition coefficient (Wildman–Crippen LogP) is -6.67. The zero-order chi connectivity index (χ0) is 88.6. The number of hydrogen-bond acceptors (Lipinski definition) is 36. The number of aromatic nitrogens is 8. The van der Waals surface area contributed by atoms with E-state index in [1.807, 2.05) is 0 Å². The van der Waals surface area contributed by atoms with Crippen LogP contribution in [0, 0.1) is 0 Å².